The number of carbonyl (C=O) groups excluding carboxylic acids is 1. The Labute approximate surface area is 202 Å². The molecule has 0 aliphatic carbocycles. The molecule has 1 atom stereocenters. The molecule has 8 heteroatoms. The van der Waals surface area contributed by atoms with E-state index in [9.17, 15) is 14.7 Å². The normalized spacial score (nSPS) is 11.6. The van der Waals surface area contributed by atoms with Crippen molar-refractivity contribution in [2.75, 3.05) is 13.2 Å². The first kappa shape index (κ1) is 23.8. The highest BCUT2D eigenvalue weighted by atomic mass is 16.5. The largest absolute Gasteiger partial charge is 0.491 e. The third kappa shape index (κ3) is 5.99. The van der Waals surface area contributed by atoms with E-state index in [1.54, 1.807) is 31.2 Å². The van der Waals surface area contributed by atoms with Gasteiger partial charge in [-0.15, -0.1) is 0 Å². The molecular weight excluding hydrogens is 446 g/mol. The fourth-order valence-electron chi connectivity index (χ4n) is 3.47. The van der Waals surface area contributed by atoms with Crippen LogP contribution < -0.4 is 10.4 Å². The van der Waals surface area contributed by atoms with Crippen molar-refractivity contribution in [1.29, 1.82) is 0 Å². The lowest BCUT2D eigenvalue weighted by molar-refractivity contribution is 0.0526. The summed E-state index contributed by atoms with van der Waals surface area (Å²) in [5, 5.41) is 15.1. The lowest BCUT2D eigenvalue weighted by Crippen LogP contribution is -2.34. The Bertz CT molecular complexity index is 1320. The molecule has 8 nitrogen and oxygen atoms in total. The molecule has 0 aliphatic rings. The van der Waals surface area contributed by atoms with Crippen LogP contribution in [-0.2, 0) is 11.3 Å². The van der Waals surface area contributed by atoms with Crippen molar-refractivity contribution in [3.8, 4) is 28.3 Å². The summed E-state index contributed by atoms with van der Waals surface area (Å²) in [6.45, 7) is 1.87. The molecule has 0 bridgehead atoms. The van der Waals surface area contributed by atoms with Gasteiger partial charge in [0.15, 0.2) is 0 Å². The van der Waals surface area contributed by atoms with E-state index in [2.05, 4.69) is 10.1 Å². The monoisotopic (exact) mass is 471 g/mol. The number of aliphatic hydroxyl groups is 1. The van der Waals surface area contributed by atoms with Crippen molar-refractivity contribution < 1.29 is 19.4 Å². The van der Waals surface area contributed by atoms with E-state index < -0.39 is 17.8 Å². The van der Waals surface area contributed by atoms with Crippen LogP contribution in [0.25, 0.3) is 22.5 Å². The summed E-state index contributed by atoms with van der Waals surface area (Å²) >= 11 is 0. The molecule has 0 saturated heterocycles. The third-order valence-corrected chi connectivity index (χ3v) is 5.16. The second-order valence-corrected chi connectivity index (χ2v) is 7.72. The smallest absolute Gasteiger partial charge is 0.364 e. The number of carbonyl (C=O) groups is 1. The highest BCUT2D eigenvalue weighted by molar-refractivity contribution is 5.89. The molecule has 1 aromatic heterocycles. The van der Waals surface area contributed by atoms with Crippen LogP contribution in [-0.4, -0.2) is 45.2 Å². The molecule has 0 spiro atoms. The molecule has 35 heavy (non-hydrogen) atoms. The molecule has 4 rings (SSSR count). The van der Waals surface area contributed by atoms with Crippen LogP contribution in [0.5, 0.6) is 5.75 Å². The molecule has 3 aromatic carbocycles. The standard InChI is InChI=1S/C27H25N3O5/c1-2-34-26(32)21-13-15-23(16-14-21)35-18-22(31)17-30-27(33)28-24(19-9-5-3-6-10-19)25(29-30)20-11-7-4-8-12-20/h3-16,22,31H,2,17-18H2,1H3/t22-/m1/s1. The summed E-state index contributed by atoms with van der Waals surface area (Å²) in [6, 6.07) is 25.2. The van der Waals surface area contributed by atoms with Crippen molar-refractivity contribution >= 4 is 5.97 Å². The molecule has 0 fully saturated rings. The van der Waals surface area contributed by atoms with Gasteiger partial charge in [0.2, 0.25) is 0 Å². The average Bonchev–Trinajstić information content (AvgIpc) is 2.90. The number of hydrogen-bond donors (Lipinski definition) is 1. The maximum absolute atomic E-state index is 12.8. The number of esters is 1. The van der Waals surface area contributed by atoms with Crippen molar-refractivity contribution in [3.05, 3.63) is 101 Å². The van der Waals surface area contributed by atoms with E-state index >= 15 is 0 Å². The third-order valence-electron chi connectivity index (χ3n) is 5.16. The fraction of sp³-hybridized carbons (Fsp3) is 0.185. The Kier molecular flexibility index (Phi) is 7.64. The predicted octanol–water partition coefficient (Wildman–Crippen LogP) is 3.59. The van der Waals surface area contributed by atoms with Crippen LogP contribution in [0.3, 0.4) is 0 Å². The second-order valence-electron chi connectivity index (χ2n) is 7.72. The van der Waals surface area contributed by atoms with Gasteiger partial charge in [0.1, 0.15) is 29.8 Å². The Morgan fingerprint density at radius 1 is 0.914 bits per heavy atom. The maximum atomic E-state index is 12.8. The molecule has 0 saturated carbocycles. The van der Waals surface area contributed by atoms with Gasteiger partial charge >= 0.3 is 11.7 Å². The predicted molar refractivity (Wildman–Crippen MR) is 131 cm³/mol. The van der Waals surface area contributed by atoms with Crippen LogP contribution >= 0.6 is 0 Å². The molecule has 178 valence electrons. The number of hydrogen-bond acceptors (Lipinski definition) is 7. The van der Waals surface area contributed by atoms with Crippen LogP contribution in [0.4, 0.5) is 0 Å². The molecule has 1 N–H and O–H groups in total. The Balaban J connectivity index is 1.51. The van der Waals surface area contributed by atoms with Gasteiger partial charge in [-0.25, -0.2) is 14.3 Å². The Morgan fingerprint density at radius 2 is 1.51 bits per heavy atom. The van der Waals surface area contributed by atoms with Gasteiger partial charge in [-0.05, 0) is 31.2 Å². The summed E-state index contributed by atoms with van der Waals surface area (Å²) in [7, 11) is 0. The van der Waals surface area contributed by atoms with Crippen LogP contribution in [0.2, 0.25) is 0 Å². The number of nitrogens with zero attached hydrogens (tertiary/aromatic N) is 3. The first-order chi connectivity index (χ1) is 17.0. The number of aromatic nitrogens is 3. The van der Waals surface area contributed by atoms with Crippen LogP contribution in [0.15, 0.2) is 89.7 Å². The Hall–Kier alpha value is -4.30. The highest BCUT2D eigenvalue weighted by Gasteiger charge is 2.17. The highest BCUT2D eigenvalue weighted by Crippen LogP contribution is 2.27. The minimum atomic E-state index is -1.02. The van der Waals surface area contributed by atoms with E-state index in [4.69, 9.17) is 9.47 Å². The summed E-state index contributed by atoms with van der Waals surface area (Å²) in [5.74, 6) is 0.0603. The van der Waals surface area contributed by atoms with Crippen molar-refractivity contribution in [3.63, 3.8) is 0 Å². The zero-order valence-corrected chi connectivity index (χ0v) is 19.2. The zero-order valence-electron chi connectivity index (χ0n) is 19.2. The van der Waals surface area contributed by atoms with Crippen molar-refractivity contribution in [1.82, 2.24) is 14.8 Å². The summed E-state index contributed by atoms with van der Waals surface area (Å²) in [4.78, 5) is 28.8. The molecule has 4 aromatic rings. The lowest BCUT2D eigenvalue weighted by atomic mass is 10.0. The summed E-state index contributed by atoms with van der Waals surface area (Å²) in [6.07, 6.45) is -1.02. The SMILES string of the molecule is CCOC(=O)c1ccc(OC[C@H](O)Cn2nc(-c3ccccc3)c(-c3ccccc3)nc2=O)cc1. The van der Waals surface area contributed by atoms with Gasteiger partial charge in [0.05, 0.1) is 18.7 Å². The first-order valence-corrected chi connectivity index (χ1v) is 11.2. The van der Waals surface area contributed by atoms with Gasteiger partial charge in [-0.2, -0.15) is 10.1 Å². The number of aliphatic hydroxyl groups excluding tert-OH is 1. The molecule has 0 aliphatic heterocycles. The molecule has 0 unspecified atom stereocenters. The number of rotatable bonds is 9. The molecule has 1 heterocycles. The minimum absolute atomic E-state index is 0.0754. The maximum Gasteiger partial charge on any atom is 0.364 e. The van der Waals surface area contributed by atoms with Crippen molar-refractivity contribution in [2.45, 2.75) is 19.6 Å². The molecule has 0 amide bonds. The van der Waals surface area contributed by atoms with Crippen LogP contribution in [0, 0.1) is 0 Å². The van der Waals surface area contributed by atoms with E-state index in [0.717, 1.165) is 15.8 Å². The first-order valence-electron chi connectivity index (χ1n) is 11.2. The molecule has 0 radical (unpaired) electrons. The zero-order chi connectivity index (χ0) is 24.6. The van der Waals surface area contributed by atoms with Gasteiger partial charge in [0, 0.05) is 11.1 Å². The molecular formula is C27H25N3O5. The van der Waals surface area contributed by atoms with Crippen molar-refractivity contribution in [2.24, 2.45) is 0 Å². The summed E-state index contributed by atoms with van der Waals surface area (Å²) in [5.41, 5.74) is 2.44. The average molecular weight is 472 g/mol. The number of ether oxygens (including phenoxy) is 2. The number of benzene rings is 3. The second kappa shape index (κ2) is 11.2. The minimum Gasteiger partial charge on any atom is -0.491 e. The fourth-order valence-corrected chi connectivity index (χ4v) is 3.47. The van der Waals surface area contributed by atoms with E-state index in [-0.39, 0.29) is 13.2 Å². The topological polar surface area (TPSA) is 104 Å². The van der Waals surface area contributed by atoms with E-state index in [1.165, 1.54) is 0 Å². The lowest BCUT2D eigenvalue weighted by Gasteiger charge is -2.15. The van der Waals surface area contributed by atoms with Crippen LogP contribution in [0.1, 0.15) is 17.3 Å². The van der Waals surface area contributed by atoms with Gasteiger partial charge in [-0.1, -0.05) is 60.7 Å². The van der Waals surface area contributed by atoms with E-state index in [0.29, 0.717) is 29.3 Å². The van der Waals surface area contributed by atoms with E-state index in [1.807, 2.05) is 60.7 Å². The summed E-state index contributed by atoms with van der Waals surface area (Å²) < 4.78 is 11.7. The quantitative estimate of drug-likeness (QED) is 0.372. The Morgan fingerprint density at radius 3 is 2.11 bits per heavy atom. The van der Waals surface area contributed by atoms with Gasteiger partial charge in [0.25, 0.3) is 0 Å². The van der Waals surface area contributed by atoms with Gasteiger partial charge < -0.3 is 14.6 Å². The van der Waals surface area contributed by atoms with Gasteiger partial charge in [-0.3, -0.25) is 0 Å².